The molecule has 0 saturated carbocycles. The highest BCUT2D eigenvalue weighted by molar-refractivity contribution is 7.80. The van der Waals surface area contributed by atoms with Gasteiger partial charge in [-0.3, -0.25) is 0 Å². The van der Waals surface area contributed by atoms with E-state index < -0.39 is 0 Å². The molecule has 2 rings (SSSR count). The summed E-state index contributed by atoms with van der Waals surface area (Å²) in [5.74, 6) is 1.38. The highest BCUT2D eigenvalue weighted by atomic mass is 32.1. The SMILES string of the molecule is Cc1nn(C)c(Oc2ccccc2C(C)(C)C)c1C(N)=S. The van der Waals surface area contributed by atoms with Crippen molar-refractivity contribution < 1.29 is 4.74 Å². The first-order valence-electron chi connectivity index (χ1n) is 6.82. The zero-order valence-corrected chi connectivity index (χ0v) is 13.9. The van der Waals surface area contributed by atoms with Gasteiger partial charge in [0.05, 0.1) is 11.3 Å². The molecule has 0 radical (unpaired) electrons. The van der Waals surface area contributed by atoms with E-state index in [0.29, 0.717) is 16.4 Å². The smallest absolute Gasteiger partial charge is 0.228 e. The Bertz CT molecular complexity index is 683. The van der Waals surface area contributed by atoms with E-state index in [9.17, 15) is 0 Å². The van der Waals surface area contributed by atoms with Crippen molar-refractivity contribution in [1.82, 2.24) is 9.78 Å². The first-order chi connectivity index (χ1) is 9.71. The number of aryl methyl sites for hydroxylation is 2. The van der Waals surface area contributed by atoms with Crippen LogP contribution in [0.2, 0.25) is 0 Å². The van der Waals surface area contributed by atoms with Crippen molar-refractivity contribution in [3.63, 3.8) is 0 Å². The summed E-state index contributed by atoms with van der Waals surface area (Å²) < 4.78 is 7.78. The number of para-hydroxylation sites is 1. The Morgan fingerprint density at radius 2 is 1.90 bits per heavy atom. The Morgan fingerprint density at radius 3 is 2.48 bits per heavy atom. The first kappa shape index (κ1) is 15.5. The molecule has 112 valence electrons. The van der Waals surface area contributed by atoms with E-state index in [2.05, 4.69) is 31.9 Å². The van der Waals surface area contributed by atoms with Crippen molar-refractivity contribution in [2.24, 2.45) is 12.8 Å². The first-order valence-corrected chi connectivity index (χ1v) is 7.23. The number of nitrogens with two attached hydrogens (primary N) is 1. The topological polar surface area (TPSA) is 53.1 Å². The molecular formula is C16H21N3OS. The zero-order valence-electron chi connectivity index (χ0n) is 13.1. The van der Waals surface area contributed by atoms with E-state index in [0.717, 1.165) is 17.0 Å². The van der Waals surface area contributed by atoms with E-state index in [-0.39, 0.29) is 5.41 Å². The summed E-state index contributed by atoms with van der Waals surface area (Å²) in [4.78, 5) is 0.295. The maximum atomic E-state index is 6.11. The molecule has 0 unspecified atom stereocenters. The maximum absolute atomic E-state index is 6.11. The molecule has 0 atom stereocenters. The molecule has 0 saturated heterocycles. The van der Waals surface area contributed by atoms with Gasteiger partial charge in [-0.15, -0.1) is 0 Å². The summed E-state index contributed by atoms with van der Waals surface area (Å²) in [6, 6.07) is 7.98. The fourth-order valence-electron chi connectivity index (χ4n) is 2.32. The van der Waals surface area contributed by atoms with Crippen LogP contribution in [0.3, 0.4) is 0 Å². The normalized spacial score (nSPS) is 11.5. The van der Waals surface area contributed by atoms with Gasteiger partial charge in [0.1, 0.15) is 10.7 Å². The average molecular weight is 303 g/mol. The molecule has 0 bridgehead atoms. The number of aromatic nitrogens is 2. The molecule has 0 aliphatic rings. The summed E-state index contributed by atoms with van der Waals surface area (Å²) >= 11 is 5.12. The van der Waals surface area contributed by atoms with Crippen LogP contribution in [0.25, 0.3) is 0 Å². The summed E-state index contributed by atoms with van der Waals surface area (Å²) in [6.45, 7) is 8.32. The second-order valence-electron chi connectivity index (χ2n) is 6.10. The number of hydrogen-bond donors (Lipinski definition) is 1. The second kappa shape index (κ2) is 5.48. The van der Waals surface area contributed by atoms with Crippen LogP contribution in [0.1, 0.15) is 37.6 Å². The van der Waals surface area contributed by atoms with Gasteiger partial charge in [0.25, 0.3) is 0 Å². The van der Waals surface area contributed by atoms with Crippen molar-refractivity contribution in [2.75, 3.05) is 0 Å². The molecule has 0 amide bonds. The molecule has 2 N–H and O–H groups in total. The fraction of sp³-hybridized carbons (Fsp3) is 0.375. The van der Waals surface area contributed by atoms with Gasteiger partial charge in [-0.05, 0) is 18.4 Å². The minimum atomic E-state index is -0.0202. The molecule has 21 heavy (non-hydrogen) atoms. The minimum Gasteiger partial charge on any atom is -0.438 e. The van der Waals surface area contributed by atoms with Crippen molar-refractivity contribution in [2.45, 2.75) is 33.1 Å². The number of benzene rings is 1. The number of hydrogen-bond acceptors (Lipinski definition) is 3. The van der Waals surface area contributed by atoms with Gasteiger partial charge >= 0.3 is 0 Å². The third-order valence-corrected chi connectivity index (χ3v) is 3.52. The number of ether oxygens (including phenoxy) is 1. The number of rotatable bonds is 3. The highest BCUT2D eigenvalue weighted by Gasteiger charge is 2.22. The molecule has 1 aromatic heterocycles. The van der Waals surface area contributed by atoms with Gasteiger partial charge in [-0.25, -0.2) is 4.68 Å². The predicted molar refractivity (Wildman–Crippen MR) is 89.0 cm³/mol. The third-order valence-electron chi connectivity index (χ3n) is 3.32. The molecule has 2 aromatic rings. The zero-order chi connectivity index (χ0) is 15.8. The maximum Gasteiger partial charge on any atom is 0.228 e. The monoisotopic (exact) mass is 303 g/mol. The summed E-state index contributed by atoms with van der Waals surface area (Å²) in [5, 5.41) is 4.34. The van der Waals surface area contributed by atoms with Crippen molar-refractivity contribution in [3.8, 4) is 11.6 Å². The second-order valence-corrected chi connectivity index (χ2v) is 6.54. The van der Waals surface area contributed by atoms with Gasteiger partial charge in [0.15, 0.2) is 0 Å². The molecule has 1 heterocycles. The lowest BCUT2D eigenvalue weighted by atomic mass is 9.86. The van der Waals surface area contributed by atoms with Crippen LogP contribution in [0.4, 0.5) is 0 Å². The number of thiocarbonyl (C=S) groups is 1. The van der Waals surface area contributed by atoms with Gasteiger partial charge in [0, 0.05) is 12.6 Å². The quantitative estimate of drug-likeness (QED) is 0.882. The summed E-state index contributed by atoms with van der Waals surface area (Å²) in [5.41, 5.74) is 8.37. The van der Waals surface area contributed by atoms with Crippen LogP contribution in [0.5, 0.6) is 11.6 Å². The van der Waals surface area contributed by atoms with Gasteiger partial charge in [-0.1, -0.05) is 51.2 Å². The van der Waals surface area contributed by atoms with Crippen LogP contribution >= 0.6 is 12.2 Å². The molecule has 0 fully saturated rings. The van der Waals surface area contributed by atoms with Crippen LogP contribution < -0.4 is 10.5 Å². The predicted octanol–water partition coefficient (Wildman–Crippen LogP) is 3.45. The molecule has 0 aliphatic carbocycles. The number of nitrogens with zero attached hydrogens (tertiary/aromatic N) is 2. The Balaban J connectivity index is 2.52. The summed E-state index contributed by atoms with van der Waals surface area (Å²) in [7, 11) is 1.82. The molecule has 1 aromatic carbocycles. The lowest BCUT2D eigenvalue weighted by Gasteiger charge is -2.22. The Kier molecular flexibility index (Phi) is 4.05. The highest BCUT2D eigenvalue weighted by Crippen LogP contribution is 2.35. The van der Waals surface area contributed by atoms with Crippen LogP contribution in [-0.4, -0.2) is 14.8 Å². The van der Waals surface area contributed by atoms with Crippen LogP contribution in [0, 0.1) is 6.92 Å². The molecule has 0 aliphatic heterocycles. The van der Waals surface area contributed by atoms with E-state index in [1.165, 1.54) is 0 Å². The molecule has 5 heteroatoms. The summed E-state index contributed by atoms with van der Waals surface area (Å²) in [6.07, 6.45) is 0. The molecule has 4 nitrogen and oxygen atoms in total. The van der Waals surface area contributed by atoms with Gasteiger partial charge in [0.2, 0.25) is 5.88 Å². The van der Waals surface area contributed by atoms with Crippen molar-refractivity contribution in [1.29, 1.82) is 0 Å². The average Bonchev–Trinajstić information content (AvgIpc) is 2.63. The molecule has 0 spiro atoms. The minimum absolute atomic E-state index is 0.0202. The van der Waals surface area contributed by atoms with E-state index >= 15 is 0 Å². The fourth-order valence-corrected chi connectivity index (χ4v) is 2.55. The third kappa shape index (κ3) is 3.08. The Hall–Kier alpha value is -1.88. The largest absolute Gasteiger partial charge is 0.438 e. The lowest BCUT2D eigenvalue weighted by Crippen LogP contribution is -2.14. The van der Waals surface area contributed by atoms with E-state index in [1.807, 2.05) is 32.2 Å². The Morgan fingerprint density at radius 1 is 1.29 bits per heavy atom. The molecular weight excluding hydrogens is 282 g/mol. The van der Waals surface area contributed by atoms with Crippen molar-refractivity contribution >= 4 is 17.2 Å². The van der Waals surface area contributed by atoms with E-state index in [4.69, 9.17) is 22.7 Å². The van der Waals surface area contributed by atoms with Crippen LogP contribution in [0.15, 0.2) is 24.3 Å². The van der Waals surface area contributed by atoms with Gasteiger partial charge < -0.3 is 10.5 Å². The van der Waals surface area contributed by atoms with Crippen molar-refractivity contribution in [3.05, 3.63) is 41.1 Å². The van der Waals surface area contributed by atoms with E-state index in [1.54, 1.807) is 4.68 Å². The standard InChI is InChI=1S/C16H21N3OS/c1-10-13(14(17)21)15(19(5)18-10)20-12-9-7-6-8-11(12)16(2,3)4/h6-9H,1-5H3,(H2,17,21). The van der Waals surface area contributed by atoms with Gasteiger partial charge in [-0.2, -0.15) is 5.10 Å². The lowest BCUT2D eigenvalue weighted by molar-refractivity contribution is 0.413. The Labute approximate surface area is 130 Å². The van der Waals surface area contributed by atoms with Crippen LogP contribution in [-0.2, 0) is 12.5 Å².